The zero-order chi connectivity index (χ0) is 24.9. The van der Waals surface area contributed by atoms with E-state index in [4.69, 9.17) is 10.1 Å². The van der Waals surface area contributed by atoms with Crippen LogP contribution >= 0.6 is 0 Å². The monoisotopic (exact) mass is 478 g/mol. The van der Waals surface area contributed by atoms with Gasteiger partial charge in [0.05, 0.1) is 35.1 Å². The van der Waals surface area contributed by atoms with Crippen molar-refractivity contribution < 1.29 is 14.2 Å². The Labute approximate surface area is 204 Å². The molecule has 2 aromatic rings. The first-order valence-electron chi connectivity index (χ1n) is 11.8. The summed E-state index contributed by atoms with van der Waals surface area (Å²) in [4.78, 5) is 6.52. The minimum atomic E-state index is -0.423. The number of nitrogens with zero attached hydrogens (tertiary/aromatic N) is 4. The molecule has 0 saturated carbocycles. The van der Waals surface area contributed by atoms with Crippen LogP contribution in [0.2, 0.25) is 0 Å². The summed E-state index contributed by atoms with van der Waals surface area (Å²) in [5.74, 6) is 0.369. The topological polar surface area (TPSA) is 106 Å². The number of ether oxygens (including phenoxy) is 1. The van der Waals surface area contributed by atoms with Gasteiger partial charge in [0.1, 0.15) is 17.3 Å². The van der Waals surface area contributed by atoms with Gasteiger partial charge in [0, 0.05) is 36.0 Å². The summed E-state index contributed by atoms with van der Waals surface area (Å²) in [6.07, 6.45) is 3.34. The van der Waals surface area contributed by atoms with Crippen LogP contribution in [0.1, 0.15) is 39.3 Å². The van der Waals surface area contributed by atoms with Crippen molar-refractivity contribution in [1.82, 2.24) is 9.88 Å². The van der Waals surface area contributed by atoms with Crippen LogP contribution in [0, 0.1) is 17.1 Å². The van der Waals surface area contributed by atoms with Gasteiger partial charge in [-0.1, -0.05) is 0 Å². The van der Waals surface area contributed by atoms with Crippen LogP contribution in [-0.4, -0.2) is 51.8 Å². The summed E-state index contributed by atoms with van der Waals surface area (Å²) < 4.78 is 19.9. The van der Waals surface area contributed by atoms with Gasteiger partial charge >= 0.3 is 0 Å². The second-order valence-corrected chi connectivity index (χ2v) is 8.76. The highest BCUT2D eigenvalue weighted by molar-refractivity contribution is 6.54. The van der Waals surface area contributed by atoms with Crippen molar-refractivity contribution in [3.05, 3.63) is 59.3 Å². The molecule has 0 amide bonds. The first-order valence-corrected chi connectivity index (χ1v) is 11.8. The van der Waals surface area contributed by atoms with E-state index in [1.807, 2.05) is 20.8 Å². The molecule has 35 heavy (non-hydrogen) atoms. The lowest BCUT2D eigenvalue weighted by Gasteiger charge is -2.33. The second kappa shape index (κ2) is 10.8. The Bertz CT molecular complexity index is 1200. The number of piperidine rings is 1. The number of aromatic nitrogens is 1. The standard InChI is InChI=1S/C26H31FN6O2/c1-4-35-19-7-8-21(20(27)14-19)30-16(2)24-17(3)31-32-26(25(24)28)18-9-12-33(13-10-18)15-22-23(34)6-5-11-29-22/h5-8,11,14,18,28,30,34H,4,9-10,12-13,15H2,1-3H3/b24-16-,28-25?. The molecule has 184 valence electrons. The third-order valence-electron chi connectivity index (χ3n) is 6.34. The maximum atomic E-state index is 14.6. The van der Waals surface area contributed by atoms with E-state index in [2.05, 4.69) is 25.4 Å². The maximum Gasteiger partial charge on any atom is 0.150 e. The van der Waals surface area contributed by atoms with Crippen LogP contribution in [0.25, 0.3) is 0 Å². The molecule has 0 bridgehead atoms. The summed E-state index contributed by atoms with van der Waals surface area (Å²) in [7, 11) is 0. The van der Waals surface area contributed by atoms with Gasteiger partial charge in [-0.15, -0.1) is 0 Å². The average molecular weight is 479 g/mol. The van der Waals surface area contributed by atoms with E-state index in [1.54, 1.807) is 30.5 Å². The molecule has 8 nitrogen and oxygen atoms in total. The summed E-state index contributed by atoms with van der Waals surface area (Å²) in [6, 6.07) is 8.06. The van der Waals surface area contributed by atoms with E-state index in [0.29, 0.717) is 58.7 Å². The SMILES string of the molecule is CCOc1ccc(N/C(C)=C2\C(=N)C(C3CCN(Cc4ncccc4O)CC3)=NN=C2C)c(F)c1. The molecular formula is C26H31FN6O2. The van der Waals surface area contributed by atoms with E-state index in [-0.39, 0.29) is 11.7 Å². The van der Waals surface area contributed by atoms with Crippen molar-refractivity contribution in [3.8, 4) is 11.5 Å². The van der Waals surface area contributed by atoms with Crippen LogP contribution in [-0.2, 0) is 6.54 Å². The number of halogens is 1. The number of hydrogen-bond donors (Lipinski definition) is 3. The fourth-order valence-corrected chi connectivity index (χ4v) is 4.53. The Morgan fingerprint density at radius 1 is 1.26 bits per heavy atom. The fraction of sp³-hybridized carbons (Fsp3) is 0.385. The molecule has 2 aliphatic heterocycles. The van der Waals surface area contributed by atoms with E-state index in [0.717, 1.165) is 25.9 Å². The van der Waals surface area contributed by atoms with Crippen LogP contribution in [0.5, 0.6) is 11.5 Å². The number of hydrogen-bond acceptors (Lipinski definition) is 8. The number of nitrogens with one attached hydrogen (secondary N) is 2. The third-order valence-corrected chi connectivity index (χ3v) is 6.34. The van der Waals surface area contributed by atoms with Crippen molar-refractivity contribution >= 4 is 22.8 Å². The normalized spacial score (nSPS) is 18.7. The summed E-state index contributed by atoms with van der Waals surface area (Å²) in [6.45, 7) is 8.16. The molecule has 1 fully saturated rings. The number of allylic oxidation sites excluding steroid dienone is 2. The van der Waals surface area contributed by atoms with E-state index in [1.165, 1.54) is 6.07 Å². The zero-order valence-electron chi connectivity index (χ0n) is 20.3. The highest BCUT2D eigenvalue weighted by Crippen LogP contribution is 2.28. The maximum absolute atomic E-state index is 14.6. The van der Waals surface area contributed by atoms with Gasteiger partial charge in [-0.05, 0) is 71.0 Å². The van der Waals surface area contributed by atoms with Gasteiger partial charge < -0.3 is 15.2 Å². The highest BCUT2D eigenvalue weighted by atomic mass is 19.1. The number of benzene rings is 1. The lowest BCUT2D eigenvalue weighted by Crippen LogP contribution is -2.39. The molecule has 2 aliphatic rings. The van der Waals surface area contributed by atoms with Gasteiger partial charge in [0.2, 0.25) is 0 Å². The highest BCUT2D eigenvalue weighted by Gasteiger charge is 2.31. The molecule has 3 N–H and O–H groups in total. The lowest BCUT2D eigenvalue weighted by atomic mass is 9.85. The van der Waals surface area contributed by atoms with Crippen molar-refractivity contribution in [2.24, 2.45) is 16.1 Å². The summed E-state index contributed by atoms with van der Waals surface area (Å²) in [5.41, 5.74) is 3.89. The number of likely N-dealkylation sites (tertiary alicyclic amines) is 1. The van der Waals surface area contributed by atoms with Gasteiger partial charge in [0.15, 0.2) is 0 Å². The van der Waals surface area contributed by atoms with Crippen molar-refractivity contribution in [1.29, 1.82) is 5.41 Å². The Hall–Kier alpha value is -3.59. The van der Waals surface area contributed by atoms with Crippen LogP contribution < -0.4 is 10.1 Å². The summed E-state index contributed by atoms with van der Waals surface area (Å²) in [5, 5.41) is 30.7. The van der Waals surface area contributed by atoms with E-state index < -0.39 is 5.82 Å². The average Bonchev–Trinajstić information content (AvgIpc) is 2.83. The van der Waals surface area contributed by atoms with Gasteiger partial charge in [-0.2, -0.15) is 10.2 Å². The summed E-state index contributed by atoms with van der Waals surface area (Å²) >= 11 is 0. The molecule has 3 heterocycles. The molecule has 0 spiro atoms. The predicted molar refractivity (Wildman–Crippen MR) is 136 cm³/mol. The van der Waals surface area contributed by atoms with Crippen LogP contribution in [0.4, 0.5) is 10.1 Å². The minimum absolute atomic E-state index is 0.109. The molecule has 0 atom stereocenters. The molecule has 1 saturated heterocycles. The quantitative estimate of drug-likeness (QED) is 0.531. The Kier molecular flexibility index (Phi) is 7.55. The molecule has 0 unspecified atom stereocenters. The van der Waals surface area contributed by atoms with Crippen molar-refractivity contribution in [3.63, 3.8) is 0 Å². The third kappa shape index (κ3) is 5.57. The minimum Gasteiger partial charge on any atom is -0.506 e. The Balaban J connectivity index is 1.44. The molecule has 0 radical (unpaired) electrons. The largest absolute Gasteiger partial charge is 0.506 e. The molecule has 1 aromatic heterocycles. The number of anilines is 1. The lowest BCUT2D eigenvalue weighted by molar-refractivity contribution is 0.198. The molecule has 0 aliphatic carbocycles. The Morgan fingerprint density at radius 2 is 2.03 bits per heavy atom. The predicted octanol–water partition coefficient (Wildman–Crippen LogP) is 4.77. The first kappa shape index (κ1) is 24.5. The molecular weight excluding hydrogens is 447 g/mol. The molecule has 4 rings (SSSR count). The van der Waals surface area contributed by atoms with E-state index in [9.17, 15) is 9.50 Å². The smallest absolute Gasteiger partial charge is 0.150 e. The van der Waals surface area contributed by atoms with Crippen molar-refractivity contribution in [2.45, 2.75) is 40.2 Å². The van der Waals surface area contributed by atoms with Gasteiger partial charge in [-0.3, -0.25) is 15.3 Å². The van der Waals surface area contributed by atoms with Crippen molar-refractivity contribution in [2.75, 3.05) is 25.0 Å². The first-order chi connectivity index (χ1) is 16.9. The van der Waals surface area contributed by atoms with Crippen LogP contribution in [0.15, 0.2) is 58.0 Å². The van der Waals surface area contributed by atoms with E-state index >= 15 is 0 Å². The zero-order valence-corrected chi connectivity index (χ0v) is 20.3. The number of rotatable bonds is 7. The second-order valence-electron chi connectivity index (χ2n) is 8.76. The molecule has 1 aromatic carbocycles. The van der Waals surface area contributed by atoms with Gasteiger partial charge in [0.25, 0.3) is 0 Å². The fourth-order valence-electron chi connectivity index (χ4n) is 4.53. The molecule has 9 heteroatoms. The number of aromatic hydroxyl groups is 1. The Morgan fingerprint density at radius 3 is 2.71 bits per heavy atom. The number of pyridine rings is 1. The van der Waals surface area contributed by atoms with Crippen LogP contribution in [0.3, 0.4) is 0 Å². The van der Waals surface area contributed by atoms with Gasteiger partial charge in [-0.25, -0.2) is 4.39 Å².